The van der Waals surface area contributed by atoms with Crippen LogP contribution in [0.25, 0.3) is 0 Å². The number of nitrogen functional groups attached to an aromatic ring is 1. The van der Waals surface area contributed by atoms with E-state index in [4.69, 9.17) is 11.5 Å². The molecule has 0 saturated heterocycles. The highest BCUT2D eigenvalue weighted by Crippen LogP contribution is 2.25. The summed E-state index contributed by atoms with van der Waals surface area (Å²) >= 11 is 0. The fourth-order valence-electron chi connectivity index (χ4n) is 3.89. The van der Waals surface area contributed by atoms with Gasteiger partial charge in [0.25, 0.3) is 0 Å². The minimum absolute atomic E-state index is 0.142. The summed E-state index contributed by atoms with van der Waals surface area (Å²) < 4.78 is 12.8. The first-order valence-electron chi connectivity index (χ1n) is 10.8. The Morgan fingerprint density at radius 3 is 2.50 bits per heavy atom. The summed E-state index contributed by atoms with van der Waals surface area (Å²) in [6.07, 6.45) is 4.02. The van der Waals surface area contributed by atoms with Crippen LogP contribution in [0, 0.1) is 12.7 Å². The zero-order valence-corrected chi connectivity index (χ0v) is 18.3. The van der Waals surface area contributed by atoms with Gasteiger partial charge >= 0.3 is 0 Å². The van der Waals surface area contributed by atoms with Gasteiger partial charge in [-0.05, 0) is 84.7 Å². The third kappa shape index (κ3) is 6.48. The molecule has 6 heteroatoms. The number of nitrogens with one attached hydrogen (secondary N) is 1. The van der Waals surface area contributed by atoms with Crippen molar-refractivity contribution in [2.75, 3.05) is 17.6 Å². The fourth-order valence-corrected chi connectivity index (χ4v) is 3.89. The van der Waals surface area contributed by atoms with Crippen LogP contribution < -0.4 is 16.8 Å². The predicted molar refractivity (Wildman–Crippen MR) is 127 cm³/mol. The molecular weight excluding hydrogens is 405 g/mol. The van der Waals surface area contributed by atoms with Gasteiger partial charge in [0.15, 0.2) is 0 Å². The molecule has 0 aliphatic carbocycles. The molecule has 1 aliphatic heterocycles. The Labute approximate surface area is 188 Å². The van der Waals surface area contributed by atoms with E-state index in [0.717, 1.165) is 36.1 Å². The molecule has 0 radical (unpaired) electrons. The number of amides is 1. The monoisotopic (exact) mass is 435 g/mol. The van der Waals surface area contributed by atoms with Gasteiger partial charge < -0.3 is 21.9 Å². The number of nitrogens with two attached hydrogens (primary N) is 2. The molecule has 4 rings (SSSR count). The number of aromatic hydroxyl groups is 1. The van der Waals surface area contributed by atoms with Crippen molar-refractivity contribution in [1.82, 2.24) is 0 Å². The standard InChI is InChI=1S/C16H16FN.C10H14N2O2/c17-15-6-3-12(4-7-15)10-13-5-8-16-14(11-13)2-1-9-18-16;1-6-4-7(13)5-9(11)8(6)2-3-10(12)14/h3-8,11,18H,1-2,9-10H2;4-5,13H,2-3,11H2,1H3,(H2,12,14). The summed E-state index contributed by atoms with van der Waals surface area (Å²) in [4.78, 5) is 10.6. The molecule has 0 spiro atoms. The van der Waals surface area contributed by atoms with Gasteiger partial charge in [-0.25, -0.2) is 4.39 Å². The molecule has 0 bridgehead atoms. The van der Waals surface area contributed by atoms with Crippen LogP contribution in [-0.2, 0) is 24.1 Å². The molecular formula is C26H30FN3O2. The fraction of sp³-hybridized carbons (Fsp3) is 0.269. The summed E-state index contributed by atoms with van der Waals surface area (Å²) in [7, 11) is 0. The van der Waals surface area contributed by atoms with Crippen LogP contribution in [0.1, 0.15) is 40.7 Å². The van der Waals surface area contributed by atoms with E-state index < -0.39 is 0 Å². The summed E-state index contributed by atoms with van der Waals surface area (Å²) in [5.74, 6) is -0.381. The first-order chi connectivity index (χ1) is 15.3. The number of primary amides is 1. The van der Waals surface area contributed by atoms with E-state index in [1.807, 2.05) is 19.1 Å². The van der Waals surface area contributed by atoms with E-state index >= 15 is 0 Å². The van der Waals surface area contributed by atoms with Gasteiger partial charge in [0.05, 0.1) is 0 Å². The summed E-state index contributed by atoms with van der Waals surface area (Å²) in [5.41, 5.74) is 18.1. The number of benzene rings is 3. The van der Waals surface area contributed by atoms with Crippen LogP contribution in [0.3, 0.4) is 0 Å². The van der Waals surface area contributed by atoms with Crippen LogP contribution in [0.2, 0.25) is 0 Å². The molecule has 1 amide bonds. The van der Waals surface area contributed by atoms with E-state index in [-0.39, 0.29) is 23.9 Å². The molecule has 5 nitrogen and oxygen atoms in total. The SMILES string of the molecule is Cc1cc(O)cc(N)c1CCC(N)=O.Fc1ccc(Cc2ccc3c(c2)CCCN3)cc1. The molecule has 0 fully saturated rings. The van der Waals surface area contributed by atoms with E-state index in [1.165, 1.54) is 41.4 Å². The van der Waals surface area contributed by atoms with Crippen molar-refractivity contribution in [3.8, 4) is 5.75 Å². The number of hydrogen-bond acceptors (Lipinski definition) is 4. The number of rotatable bonds is 5. The van der Waals surface area contributed by atoms with Gasteiger partial charge in [-0.3, -0.25) is 4.79 Å². The second-order valence-electron chi connectivity index (χ2n) is 8.12. The maximum absolute atomic E-state index is 12.8. The average molecular weight is 436 g/mol. The van der Waals surface area contributed by atoms with Crippen molar-refractivity contribution in [3.05, 3.63) is 88.2 Å². The molecule has 1 aliphatic rings. The highest BCUT2D eigenvalue weighted by molar-refractivity contribution is 5.74. The number of carbonyl (C=O) groups excluding carboxylic acids is 1. The minimum Gasteiger partial charge on any atom is -0.508 e. The van der Waals surface area contributed by atoms with Gasteiger partial charge in [-0.2, -0.15) is 0 Å². The number of hydrogen-bond donors (Lipinski definition) is 4. The van der Waals surface area contributed by atoms with E-state index in [0.29, 0.717) is 12.1 Å². The van der Waals surface area contributed by atoms with Gasteiger partial charge in [-0.15, -0.1) is 0 Å². The molecule has 6 N–H and O–H groups in total. The number of halogens is 1. The zero-order chi connectivity index (χ0) is 23.1. The quantitative estimate of drug-likeness (QED) is 0.444. The summed E-state index contributed by atoms with van der Waals surface area (Å²) in [6.45, 7) is 2.91. The van der Waals surface area contributed by atoms with Gasteiger partial charge in [0.1, 0.15) is 11.6 Å². The van der Waals surface area contributed by atoms with Crippen LogP contribution in [0.5, 0.6) is 5.75 Å². The number of phenolic OH excluding ortho intramolecular Hbond substituents is 1. The third-order valence-electron chi connectivity index (χ3n) is 5.54. The largest absolute Gasteiger partial charge is 0.508 e. The summed E-state index contributed by atoms with van der Waals surface area (Å²) in [6, 6.07) is 16.4. The average Bonchev–Trinajstić information content (AvgIpc) is 2.75. The summed E-state index contributed by atoms with van der Waals surface area (Å²) in [5, 5.41) is 12.6. The number of phenols is 1. The topological polar surface area (TPSA) is 101 Å². The van der Waals surface area contributed by atoms with Crippen LogP contribution in [0.15, 0.2) is 54.6 Å². The highest BCUT2D eigenvalue weighted by Gasteiger charge is 2.09. The zero-order valence-electron chi connectivity index (χ0n) is 18.3. The Bertz CT molecular complexity index is 1060. The van der Waals surface area contributed by atoms with Crippen molar-refractivity contribution >= 4 is 17.3 Å². The lowest BCUT2D eigenvalue weighted by Gasteiger charge is -2.18. The van der Waals surface area contributed by atoms with Gasteiger partial charge in [-0.1, -0.05) is 24.3 Å². The molecule has 0 atom stereocenters. The second-order valence-corrected chi connectivity index (χ2v) is 8.12. The van der Waals surface area contributed by atoms with E-state index in [9.17, 15) is 14.3 Å². The minimum atomic E-state index is -0.350. The number of aryl methyl sites for hydroxylation is 2. The van der Waals surface area contributed by atoms with Crippen molar-refractivity contribution in [2.24, 2.45) is 5.73 Å². The number of anilines is 2. The van der Waals surface area contributed by atoms with Crippen molar-refractivity contribution in [1.29, 1.82) is 0 Å². The van der Waals surface area contributed by atoms with Crippen LogP contribution >= 0.6 is 0 Å². The Morgan fingerprint density at radius 1 is 1.09 bits per heavy atom. The van der Waals surface area contributed by atoms with Crippen molar-refractivity contribution < 1.29 is 14.3 Å². The van der Waals surface area contributed by atoms with E-state index in [2.05, 4.69) is 23.5 Å². The maximum Gasteiger partial charge on any atom is 0.217 e. The lowest BCUT2D eigenvalue weighted by atomic mass is 9.97. The molecule has 1 heterocycles. The van der Waals surface area contributed by atoms with Gasteiger partial charge in [0.2, 0.25) is 5.91 Å². The second kappa shape index (κ2) is 10.7. The van der Waals surface area contributed by atoms with Crippen LogP contribution in [0.4, 0.5) is 15.8 Å². The first-order valence-corrected chi connectivity index (χ1v) is 10.8. The Kier molecular flexibility index (Phi) is 7.71. The van der Waals surface area contributed by atoms with Crippen molar-refractivity contribution in [2.45, 2.75) is 39.0 Å². The molecule has 0 unspecified atom stereocenters. The Balaban J connectivity index is 0.000000188. The molecule has 0 aromatic heterocycles. The van der Waals surface area contributed by atoms with E-state index in [1.54, 1.807) is 6.07 Å². The lowest BCUT2D eigenvalue weighted by molar-refractivity contribution is -0.117. The van der Waals surface area contributed by atoms with Gasteiger partial charge in [0, 0.05) is 30.4 Å². The molecule has 3 aromatic rings. The van der Waals surface area contributed by atoms with Crippen molar-refractivity contribution in [3.63, 3.8) is 0 Å². The Hall–Kier alpha value is -3.54. The first kappa shape index (κ1) is 23.1. The predicted octanol–water partition coefficient (Wildman–Crippen LogP) is 4.48. The normalized spacial score (nSPS) is 12.2. The third-order valence-corrected chi connectivity index (χ3v) is 5.54. The lowest BCUT2D eigenvalue weighted by Crippen LogP contribution is -2.12. The van der Waals surface area contributed by atoms with Crippen LogP contribution in [-0.4, -0.2) is 17.6 Å². The molecule has 168 valence electrons. The smallest absolute Gasteiger partial charge is 0.217 e. The highest BCUT2D eigenvalue weighted by atomic mass is 19.1. The number of carbonyl (C=O) groups is 1. The number of fused-ring (bicyclic) bond motifs is 1. The molecule has 32 heavy (non-hydrogen) atoms. The maximum atomic E-state index is 12.8. The molecule has 0 saturated carbocycles. The molecule has 3 aromatic carbocycles. The Morgan fingerprint density at radius 2 is 1.81 bits per heavy atom.